The van der Waals surface area contributed by atoms with Gasteiger partial charge in [-0.05, 0) is 85.5 Å². The average molecular weight is 527 g/mol. The largest absolute Gasteiger partial charge is 0.534 e. The highest BCUT2D eigenvalue weighted by Crippen LogP contribution is 2.55. The molecule has 0 aromatic heterocycles. The van der Waals surface area contributed by atoms with E-state index in [0.717, 1.165) is 0 Å². The van der Waals surface area contributed by atoms with Crippen molar-refractivity contribution in [3.63, 3.8) is 0 Å². The lowest BCUT2D eigenvalue weighted by Crippen LogP contribution is -2.71. The van der Waals surface area contributed by atoms with E-state index in [-0.39, 0.29) is 18.0 Å². The summed E-state index contributed by atoms with van der Waals surface area (Å²) in [5.74, 6) is 1.29. The zero-order valence-electron chi connectivity index (χ0n) is 22.7. The van der Waals surface area contributed by atoms with Crippen molar-refractivity contribution in [3.05, 3.63) is 0 Å². The molecule has 0 amide bonds. The molecule has 1 aliphatic carbocycles. The first-order valence-electron chi connectivity index (χ1n) is 11.8. The van der Waals surface area contributed by atoms with Crippen LogP contribution in [-0.2, 0) is 17.7 Å². The molecule has 0 spiro atoms. The molecule has 186 valence electrons. The maximum atomic E-state index is 6.57. The van der Waals surface area contributed by atoms with Crippen LogP contribution >= 0.6 is 0 Å². The van der Waals surface area contributed by atoms with Crippen LogP contribution in [0.15, 0.2) is 20.0 Å². The van der Waals surface area contributed by atoms with Crippen LogP contribution in [0.4, 0.5) is 0 Å². The second-order valence-electron chi connectivity index (χ2n) is 13.2. The summed E-state index contributed by atoms with van der Waals surface area (Å²) in [7, 11) is -7.67. The van der Waals surface area contributed by atoms with E-state index in [9.17, 15) is 0 Å². The highest BCUT2D eigenvalue weighted by Gasteiger charge is 2.69. The van der Waals surface area contributed by atoms with Gasteiger partial charge in [0.05, 0.1) is 23.4 Å². The summed E-state index contributed by atoms with van der Waals surface area (Å²) in [6, 6.07) is 0.542. The van der Waals surface area contributed by atoms with Crippen molar-refractivity contribution in [3.8, 4) is 0 Å². The van der Waals surface area contributed by atoms with Crippen molar-refractivity contribution in [1.82, 2.24) is 0 Å². The molecule has 0 aromatic rings. The van der Waals surface area contributed by atoms with Crippen LogP contribution in [0, 0.1) is 11.3 Å². The molecule has 2 heterocycles. The molecule has 1 fully saturated rings. The third kappa shape index (κ3) is 6.06. The monoisotopic (exact) mass is 526 g/mol. The first-order valence-corrected chi connectivity index (χ1v) is 25.4. The zero-order chi connectivity index (χ0) is 25.2. The number of rotatable bonds is 4. The van der Waals surface area contributed by atoms with E-state index in [0.29, 0.717) is 23.8 Å². The smallest absolute Gasteiger partial charge is 0.301 e. The van der Waals surface area contributed by atoms with E-state index in [4.69, 9.17) is 37.7 Å². The molecule has 0 radical (unpaired) electrons. The van der Waals surface area contributed by atoms with Gasteiger partial charge in [0, 0.05) is 0 Å². The Balaban J connectivity index is 2.08. The summed E-state index contributed by atoms with van der Waals surface area (Å²) in [5.41, 5.74) is -0.482. The number of amidine groups is 2. The fraction of sp³-hybridized carbons (Fsp3) is 0.810. The summed E-state index contributed by atoms with van der Waals surface area (Å²) >= 11 is 0. The molecular weight excluding hydrogens is 485 g/mol. The Bertz CT molecular complexity index is 923. The van der Waals surface area contributed by atoms with Gasteiger partial charge in [0.1, 0.15) is 0 Å². The van der Waals surface area contributed by atoms with E-state index in [1.165, 1.54) is 0 Å². The molecule has 3 aliphatic rings. The highest BCUT2D eigenvalue weighted by molar-refractivity contribution is 6.73. The first-order chi connectivity index (χ1) is 14.7. The van der Waals surface area contributed by atoms with Crippen LogP contribution in [0.5, 0.6) is 0 Å². The maximum absolute atomic E-state index is 6.57. The normalized spacial score (nSPS) is 29.9. The Hall–Kier alpha value is -1.25. The summed E-state index contributed by atoms with van der Waals surface area (Å²) in [5, 5.41) is 0. The number of hydrogen-bond acceptors (Lipinski definition) is 8. The van der Waals surface area contributed by atoms with Crippen LogP contribution in [0.3, 0.4) is 0 Å². The van der Waals surface area contributed by atoms with Crippen LogP contribution < -0.4 is 0 Å². The third-order valence-electron chi connectivity index (χ3n) is 5.17. The summed E-state index contributed by atoms with van der Waals surface area (Å²) in [6.07, 6.45) is 0. The van der Waals surface area contributed by atoms with Crippen LogP contribution in [0.25, 0.3) is 0 Å². The second kappa shape index (κ2) is 8.16. The number of fused-ring (bicyclic) bond motifs is 4. The summed E-state index contributed by atoms with van der Waals surface area (Å²) in [6.45, 7) is 28.0. The molecule has 33 heavy (non-hydrogen) atoms. The standard InChI is InChI=1S/C21H42N4O4Si4/c1-21-14-15(22-19(28-32(8,9)10)24-17(14)26-30(2,3)4)16(21)23-20(29-33(11,12)13)25-18(21)27-31(5,6)7/h14-16H,1-13H3. The highest BCUT2D eigenvalue weighted by atomic mass is 28.4. The van der Waals surface area contributed by atoms with Crippen molar-refractivity contribution in [2.75, 3.05) is 0 Å². The molecule has 8 nitrogen and oxygen atoms in total. The van der Waals surface area contributed by atoms with Crippen molar-refractivity contribution < 1.29 is 17.7 Å². The van der Waals surface area contributed by atoms with Gasteiger partial charge in [0.15, 0.2) is 11.8 Å². The number of hydrogen-bond donors (Lipinski definition) is 0. The molecule has 3 rings (SSSR count). The van der Waals surface area contributed by atoms with E-state index < -0.39 is 38.7 Å². The van der Waals surface area contributed by atoms with Crippen LogP contribution in [-0.4, -0.2) is 69.2 Å². The van der Waals surface area contributed by atoms with Gasteiger partial charge < -0.3 is 17.7 Å². The third-order valence-corrected chi connectivity index (χ3v) is 8.39. The quantitative estimate of drug-likeness (QED) is 0.465. The van der Waals surface area contributed by atoms with Gasteiger partial charge in [0.2, 0.25) is 33.3 Å². The predicted octanol–water partition coefficient (Wildman–Crippen LogP) is 5.30. The van der Waals surface area contributed by atoms with Crippen molar-refractivity contribution in [2.24, 2.45) is 31.3 Å². The van der Waals surface area contributed by atoms with Crippen LogP contribution in [0.1, 0.15) is 6.92 Å². The molecule has 4 atom stereocenters. The van der Waals surface area contributed by atoms with E-state index >= 15 is 0 Å². The minimum absolute atomic E-state index is 0.0875. The van der Waals surface area contributed by atoms with Crippen molar-refractivity contribution in [1.29, 1.82) is 0 Å². The van der Waals surface area contributed by atoms with Gasteiger partial charge in [0.25, 0.3) is 0 Å². The minimum atomic E-state index is -1.95. The van der Waals surface area contributed by atoms with Gasteiger partial charge in [-0.2, -0.15) is 9.98 Å². The Labute approximate surface area is 203 Å². The molecule has 0 N–H and O–H groups in total. The topological polar surface area (TPSA) is 86.4 Å². The van der Waals surface area contributed by atoms with E-state index in [1.807, 2.05) is 0 Å². The van der Waals surface area contributed by atoms with Crippen molar-refractivity contribution in [2.45, 2.75) is 97.6 Å². The molecule has 0 saturated heterocycles. The molecule has 4 unspecified atom stereocenters. The zero-order valence-corrected chi connectivity index (χ0v) is 26.7. The molecule has 0 bridgehead atoms. The van der Waals surface area contributed by atoms with Gasteiger partial charge in [-0.1, -0.05) is 0 Å². The number of nitrogens with zero attached hydrogens (tertiary/aromatic N) is 4. The van der Waals surface area contributed by atoms with Gasteiger partial charge in [-0.3, -0.25) is 0 Å². The lowest BCUT2D eigenvalue weighted by atomic mass is 9.53. The van der Waals surface area contributed by atoms with E-state index in [1.54, 1.807) is 0 Å². The summed E-state index contributed by atoms with van der Waals surface area (Å²) in [4.78, 5) is 19.5. The second-order valence-corrected chi connectivity index (χ2v) is 31.0. The SMILES string of the molecule is CC12C(O[Si](C)(C)C)=NC(O[Si](C)(C)C)=NC1C1N=C(O[Si](C)(C)C)N=C(O[Si](C)(C)C)C12. The molecular formula is C21H42N4O4Si4. The Morgan fingerprint density at radius 1 is 0.606 bits per heavy atom. The summed E-state index contributed by atoms with van der Waals surface area (Å²) < 4.78 is 25.5. The Kier molecular flexibility index (Phi) is 6.52. The predicted molar refractivity (Wildman–Crippen MR) is 147 cm³/mol. The fourth-order valence-corrected chi connectivity index (χ4v) is 7.06. The maximum Gasteiger partial charge on any atom is 0.301 e. The van der Waals surface area contributed by atoms with Crippen LogP contribution in [0.2, 0.25) is 78.6 Å². The van der Waals surface area contributed by atoms with Gasteiger partial charge >= 0.3 is 12.0 Å². The molecule has 2 aliphatic heterocycles. The van der Waals surface area contributed by atoms with Gasteiger partial charge in [-0.25, -0.2) is 9.98 Å². The van der Waals surface area contributed by atoms with E-state index in [2.05, 4.69) is 85.5 Å². The Morgan fingerprint density at radius 2 is 1.06 bits per heavy atom. The van der Waals surface area contributed by atoms with Gasteiger partial charge in [-0.15, -0.1) is 0 Å². The van der Waals surface area contributed by atoms with Crippen molar-refractivity contribution >= 4 is 57.1 Å². The number of aliphatic imine (C=N–C) groups is 4. The first kappa shape index (κ1) is 26.4. The Morgan fingerprint density at radius 3 is 1.52 bits per heavy atom. The minimum Gasteiger partial charge on any atom is -0.534 e. The fourth-order valence-electron chi connectivity index (χ4n) is 4.12. The average Bonchev–Trinajstić information content (AvgIpc) is 2.51. The molecule has 0 aromatic carbocycles. The molecule has 1 saturated carbocycles. The molecule has 12 heteroatoms. The lowest BCUT2D eigenvalue weighted by Gasteiger charge is -2.58. The lowest BCUT2D eigenvalue weighted by molar-refractivity contribution is 0.0747.